The van der Waals surface area contributed by atoms with Crippen LogP contribution in [0.4, 0.5) is 4.79 Å². The van der Waals surface area contributed by atoms with Crippen molar-refractivity contribution in [1.82, 2.24) is 5.32 Å². The molecule has 0 unspecified atom stereocenters. The molecule has 0 radical (unpaired) electrons. The van der Waals surface area contributed by atoms with Crippen molar-refractivity contribution in [2.45, 2.75) is 77.4 Å². The number of carbonyl (C=O) groups excluding carboxylic acids is 3. The van der Waals surface area contributed by atoms with E-state index in [1.54, 1.807) is 32.9 Å². The van der Waals surface area contributed by atoms with E-state index in [-0.39, 0.29) is 19.0 Å². The fourth-order valence-corrected chi connectivity index (χ4v) is 3.09. The number of nitrogens with one attached hydrogen (secondary N) is 1. The van der Waals surface area contributed by atoms with Crippen LogP contribution in [0.25, 0.3) is 0 Å². The van der Waals surface area contributed by atoms with Gasteiger partial charge in [0.25, 0.3) is 0 Å². The van der Waals surface area contributed by atoms with Gasteiger partial charge in [0.2, 0.25) is 5.91 Å². The molecule has 3 N–H and O–H groups in total. The van der Waals surface area contributed by atoms with Crippen molar-refractivity contribution >= 4 is 29.6 Å². The Hall–Kier alpha value is -2.48. The molecular weight excluding hydrogens is 436 g/mol. The fraction of sp³-hybridized carbons (Fsp3) is 0.609. The predicted octanol–water partition coefficient (Wildman–Crippen LogP) is 4.15. The van der Waals surface area contributed by atoms with Crippen molar-refractivity contribution in [3.63, 3.8) is 0 Å². The number of hydrogen-bond acceptors (Lipinski definition) is 6. The van der Waals surface area contributed by atoms with Crippen LogP contribution in [0.5, 0.6) is 5.75 Å². The first-order chi connectivity index (χ1) is 15.0. The second kappa shape index (κ2) is 13.8. The van der Waals surface area contributed by atoms with Crippen LogP contribution in [-0.2, 0) is 25.5 Å². The maximum Gasteiger partial charge on any atom is 0.407 e. The van der Waals surface area contributed by atoms with Gasteiger partial charge in [-0.2, -0.15) is 0 Å². The highest BCUT2D eigenvalue weighted by molar-refractivity contribution is 6.31. The van der Waals surface area contributed by atoms with Gasteiger partial charge in [-0.1, -0.05) is 18.0 Å². The number of unbranched alkanes of at least 4 members (excludes halogenated alkanes) is 2. The van der Waals surface area contributed by atoms with Crippen molar-refractivity contribution in [3.05, 3.63) is 28.8 Å². The summed E-state index contributed by atoms with van der Waals surface area (Å²) in [7, 11) is 1.38. The average Bonchev–Trinajstić information content (AvgIpc) is 2.69. The Bertz CT molecular complexity index is 763. The van der Waals surface area contributed by atoms with E-state index in [2.05, 4.69) is 10.1 Å². The molecule has 0 heterocycles. The lowest BCUT2D eigenvalue weighted by atomic mass is 10.1. The van der Waals surface area contributed by atoms with Crippen LogP contribution in [0.3, 0.4) is 0 Å². The van der Waals surface area contributed by atoms with E-state index < -0.39 is 23.6 Å². The third-order valence-electron chi connectivity index (χ3n) is 4.48. The van der Waals surface area contributed by atoms with Crippen LogP contribution >= 0.6 is 11.6 Å². The molecule has 2 amide bonds. The Morgan fingerprint density at radius 1 is 1.12 bits per heavy atom. The van der Waals surface area contributed by atoms with Crippen LogP contribution in [-0.4, -0.2) is 43.3 Å². The topological polar surface area (TPSA) is 117 Å². The molecule has 0 aromatic heterocycles. The molecule has 1 aromatic rings. The summed E-state index contributed by atoms with van der Waals surface area (Å²) in [6, 6.07) is 4.93. The summed E-state index contributed by atoms with van der Waals surface area (Å²) in [5, 5.41) is 3.37. The number of primary amides is 1. The highest BCUT2D eigenvalue weighted by atomic mass is 35.5. The fourth-order valence-electron chi connectivity index (χ4n) is 2.88. The number of carbonyl (C=O) groups is 3. The van der Waals surface area contributed by atoms with Gasteiger partial charge in [0.1, 0.15) is 18.0 Å². The average molecular weight is 471 g/mol. The lowest BCUT2D eigenvalue weighted by Crippen LogP contribution is -2.42. The zero-order valence-electron chi connectivity index (χ0n) is 19.4. The second-order valence-corrected chi connectivity index (χ2v) is 8.96. The standard InChI is InChI=1S/C23H35ClN2O6/c1-23(2,3)32-22(29)26-17(10-13-20(25)27)15-31-18-11-12-19(24)16(14-18)8-6-5-7-9-21(28)30-4/h11-12,14,17H,5-10,13,15H2,1-4H3,(H2,25,27)(H,26,29)/t17-/m0/s1. The molecule has 9 heteroatoms. The summed E-state index contributed by atoms with van der Waals surface area (Å²) in [5.41, 5.74) is 5.55. The molecule has 180 valence electrons. The molecular formula is C23H35ClN2O6. The number of amides is 2. The minimum atomic E-state index is -0.638. The van der Waals surface area contributed by atoms with Gasteiger partial charge in [-0.3, -0.25) is 9.59 Å². The molecule has 0 aliphatic heterocycles. The van der Waals surface area contributed by atoms with Crippen LogP contribution in [0.15, 0.2) is 18.2 Å². The number of hydrogen-bond donors (Lipinski definition) is 2. The Balaban J connectivity index is 2.64. The smallest absolute Gasteiger partial charge is 0.407 e. The molecule has 0 aliphatic rings. The van der Waals surface area contributed by atoms with Gasteiger partial charge in [0, 0.05) is 17.9 Å². The van der Waals surface area contributed by atoms with E-state index in [4.69, 9.17) is 26.8 Å². The normalized spacial score (nSPS) is 12.0. The third kappa shape index (κ3) is 12.4. The van der Waals surface area contributed by atoms with Gasteiger partial charge in [-0.05, 0) is 70.2 Å². The second-order valence-electron chi connectivity index (χ2n) is 8.55. The maximum absolute atomic E-state index is 12.1. The number of rotatable bonds is 13. The van der Waals surface area contributed by atoms with E-state index in [0.717, 1.165) is 31.2 Å². The van der Waals surface area contributed by atoms with Crippen LogP contribution in [0.2, 0.25) is 5.02 Å². The van der Waals surface area contributed by atoms with Gasteiger partial charge in [-0.25, -0.2) is 4.79 Å². The minimum absolute atomic E-state index is 0.112. The first-order valence-electron chi connectivity index (χ1n) is 10.8. The van der Waals surface area contributed by atoms with Crippen LogP contribution in [0, 0.1) is 0 Å². The summed E-state index contributed by atoms with van der Waals surface area (Å²) < 4.78 is 15.8. The number of methoxy groups -OCH3 is 1. The van der Waals surface area contributed by atoms with Crippen molar-refractivity contribution in [2.24, 2.45) is 5.73 Å². The number of benzene rings is 1. The number of halogens is 1. The summed E-state index contributed by atoms with van der Waals surface area (Å²) >= 11 is 6.30. The Morgan fingerprint density at radius 3 is 2.47 bits per heavy atom. The predicted molar refractivity (Wildman–Crippen MR) is 123 cm³/mol. The number of esters is 1. The molecule has 0 saturated carbocycles. The Labute approximate surface area is 195 Å². The first kappa shape index (κ1) is 27.6. The molecule has 0 saturated heterocycles. The Kier molecular flexibility index (Phi) is 11.9. The zero-order chi connectivity index (χ0) is 24.1. The van der Waals surface area contributed by atoms with E-state index in [0.29, 0.717) is 23.6 Å². The van der Waals surface area contributed by atoms with Crippen molar-refractivity contribution in [3.8, 4) is 5.75 Å². The van der Waals surface area contributed by atoms with Gasteiger partial charge in [0.05, 0.1) is 13.2 Å². The molecule has 0 fully saturated rings. The largest absolute Gasteiger partial charge is 0.491 e. The quantitative estimate of drug-likeness (QED) is 0.330. The van der Waals surface area contributed by atoms with E-state index in [9.17, 15) is 14.4 Å². The van der Waals surface area contributed by atoms with E-state index in [1.165, 1.54) is 7.11 Å². The number of nitrogens with two attached hydrogens (primary N) is 1. The van der Waals surface area contributed by atoms with Crippen molar-refractivity contribution < 1.29 is 28.6 Å². The molecule has 0 spiro atoms. The summed E-state index contributed by atoms with van der Waals surface area (Å²) in [6.07, 6.45) is 3.53. The van der Waals surface area contributed by atoms with Crippen LogP contribution in [0.1, 0.15) is 64.9 Å². The highest BCUT2D eigenvalue weighted by Gasteiger charge is 2.20. The SMILES string of the molecule is COC(=O)CCCCCc1cc(OC[C@H](CCC(N)=O)NC(=O)OC(C)(C)C)ccc1Cl. The van der Waals surface area contributed by atoms with Crippen LogP contribution < -0.4 is 15.8 Å². The molecule has 32 heavy (non-hydrogen) atoms. The summed E-state index contributed by atoms with van der Waals surface area (Å²) in [5.74, 6) is -0.0553. The van der Waals surface area contributed by atoms with E-state index >= 15 is 0 Å². The first-order valence-corrected chi connectivity index (χ1v) is 11.1. The molecule has 1 aromatic carbocycles. The zero-order valence-corrected chi connectivity index (χ0v) is 20.1. The van der Waals surface area contributed by atoms with Crippen molar-refractivity contribution in [2.75, 3.05) is 13.7 Å². The van der Waals surface area contributed by atoms with E-state index in [1.807, 2.05) is 6.07 Å². The number of alkyl carbamates (subject to hydrolysis) is 1. The lowest BCUT2D eigenvalue weighted by Gasteiger charge is -2.23. The third-order valence-corrected chi connectivity index (χ3v) is 4.85. The summed E-state index contributed by atoms with van der Waals surface area (Å²) in [6.45, 7) is 5.46. The molecule has 1 atom stereocenters. The van der Waals surface area contributed by atoms with Gasteiger partial charge in [0.15, 0.2) is 0 Å². The van der Waals surface area contributed by atoms with Gasteiger partial charge < -0.3 is 25.3 Å². The molecule has 0 aliphatic carbocycles. The highest BCUT2D eigenvalue weighted by Crippen LogP contribution is 2.24. The number of aryl methyl sites for hydroxylation is 1. The van der Waals surface area contributed by atoms with Crippen molar-refractivity contribution in [1.29, 1.82) is 0 Å². The lowest BCUT2D eigenvalue weighted by molar-refractivity contribution is -0.140. The summed E-state index contributed by atoms with van der Waals surface area (Å²) in [4.78, 5) is 34.4. The minimum Gasteiger partial charge on any atom is -0.491 e. The molecule has 0 bridgehead atoms. The Morgan fingerprint density at radius 2 is 1.84 bits per heavy atom. The molecule has 1 rings (SSSR count). The number of ether oxygens (including phenoxy) is 3. The molecule has 8 nitrogen and oxygen atoms in total. The maximum atomic E-state index is 12.1. The monoisotopic (exact) mass is 470 g/mol. The van der Waals surface area contributed by atoms with Gasteiger partial charge >= 0.3 is 12.1 Å². The van der Waals surface area contributed by atoms with Gasteiger partial charge in [-0.15, -0.1) is 0 Å².